The Labute approximate surface area is 125 Å². The predicted molar refractivity (Wildman–Crippen MR) is 82.4 cm³/mol. The Morgan fingerprint density at radius 3 is 2.52 bits per heavy atom. The molecular weight excluding hydrogens is 266 g/mol. The molecule has 1 aromatic rings. The SMILES string of the molecule is O=c1cc(CN2CCC(CN3CCCC3)CC2)[nH]cc1O. The minimum Gasteiger partial charge on any atom is -0.503 e. The molecule has 2 aliphatic rings. The van der Waals surface area contributed by atoms with E-state index in [1.165, 1.54) is 57.6 Å². The third kappa shape index (κ3) is 3.86. The van der Waals surface area contributed by atoms with Crippen molar-refractivity contribution in [3.05, 3.63) is 28.2 Å². The largest absolute Gasteiger partial charge is 0.503 e. The summed E-state index contributed by atoms with van der Waals surface area (Å²) in [5.74, 6) is 0.626. The van der Waals surface area contributed by atoms with Crippen LogP contribution in [0.2, 0.25) is 0 Å². The normalized spacial score (nSPS) is 21.9. The highest BCUT2D eigenvalue weighted by atomic mass is 16.3. The summed E-state index contributed by atoms with van der Waals surface area (Å²) in [6.45, 7) is 6.81. The minimum absolute atomic E-state index is 0.205. The number of aromatic hydroxyl groups is 1. The second-order valence-corrected chi connectivity index (χ2v) is 6.43. The smallest absolute Gasteiger partial charge is 0.223 e. The highest BCUT2D eigenvalue weighted by Crippen LogP contribution is 2.21. The summed E-state index contributed by atoms with van der Waals surface area (Å²) >= 11 is 0. The van der Waals surface area contributed by atoms with E-state index in [-0.39, 0.29) is 11.2 Å². The highest BCUT2D eigenvalue weighted by Gasteiger charge is 2.22. The van der Waals surface area contributed by atoms with Crippen LogP contribution in [0.25, 0.3) is 0 Å². The number of aromatic amines is 1. The average molecular weight is 291 g/mol. The summed E-state index contributed by atoms with van der Waals surface area (Å²) in [5.41, 5.74) is 0.587. The van der Waals surface area contributed by atoms with Gasteiger partial charge < -0.3 is 15.0 Å². The van der Waals surface area contributed by atoms with Crippen LogP contribution in [-0.2, 0) is 6.54 Å². The van der Waals surface area contributed by atoms with Gasteiger partial charge >= 0.3 is 0 Å². The van der Waals surface area contributed by atoms with Gasteiger partial charge in [0.1, 0.15) is 0 Å². The summed E-state index contributed by atoms with van der Waals surface area (Å²) < 4.78 is 0. The Kier molecular flexibility index (Phi) is 4.60. The van der Waals surface area contributed by atoms with Crippen molar-refractivity contribution in [3.8, 4) is 5.75 Å². The zero-order chi connectivity index (χ0) is 14.7. The first-order valence-corrected chi connectivity index (χ1v) is 8.06. The van der Waals surface area contributed by atoms with Crippen molar-refractivity contribution in [3.63, 3.8) is 0 Å². The van der Waals surface area contributed by atoms with Crippen LogP contribution < -0.4 is 5.43 Å². The average Bonchev–Trinajstić information content (AvgIpc) is 2.98. The molecule has 2 saturated heterocycles. The van der Waals surface area contributed by atoms with E-state index in [0.29, 0.717) is 0 Å². The molecule has 0 radical (unpaired) electrons. The topological polar surface area (TPSA) is 59.6 Å². The number of nitrogens with one attached hydrogen (secondary N) is 1. The summed E-state index contributed by atoms with van der Waals surface area (Å²) in [4.78, 5) is 19.4. The van der Waals surface area contributed by atoms with E-state index in [4.69, 9.17) is 0 Å². The lowest BCUT2D eigenvalue weighted by Gasteiger charge is -2.33. The van der Waals surface area contributed by atoms with Gasteiger partial charge in [-0.1, -0.05) is 0 Å². The third-order valence-electron chi connectivity index (χ3n) is 4.77. The number of hydrogen-bond acceptors (Lipinski definition) is 4. The molecule has 21 heavy (non-hydrogen) atoms. The van der Waals surface area contributed by atoms with E-state index in [2.05, 4.69) is 14.8 Å². The van der Waals surface area contributed by atoms with Gasteiger partial charge in [0.05, 0.1) is 0 Å². The standard InChI is InChI=1S/C16H25N3O2/c20-15-9-14(17-10-16(15)21)12-19-7-3-13(4-8-19)11-18-5-1-2-6-18/h9-10,13,21H,1-8,11-12H2,(H,17,20). The molecule has 3 heterocycles. The molecule has 0 bridgehead atoms. The molecule has 2 aliphatic heterocycles. The number of likely N-dealkylation sites (tertiary alicyclic amines) is 2. The first-order chi connectivity index (χ1) is 10.2. The number of piperidine rings is 1. The van der Waals surface area contributed by atoms with Gasteiger partial charge in [0, 0.05) is 31.0 Å². The summed E-state index contributed by atoms with van der Waals surface area (Å²) in [6.07, 6.45) is 6.62. The van der Waals surface area contributed by atoms with Crippen molar-refractivity contribution >= 4 is 0 Å². The van der Waals surface area contributed by atoms with Gasteiger partial charge in [0.15, 0.2) is 5.75 Å². The molecule has 0 atom stereocenters. The molecule has 0 spiro atoms. The molecule has 0 aromatic carbocycles. The fraction of sp³-hybridized carbons (Fsp3) is 0.688. The summed E-state index contributed by atoms with van der Waals surface area (Å²) in [6, 6.07) is 1.51. The van der Waals surface area contributed by atoms with Crippen molar-refractivity contribution in [2.45, 2.75) is 32.2 Å². The van der Waals surface area contributed by atoms with Gasteiger partial charge in [-0.2, -0.15) is 0 Å². The van der Waals surface area contributed by atoms with E-state index in [0.717, 1.165) is 31.2 Å². The van der Waals surface area contributed by atoms with E-state index in [1.807, 2.05) is 0 Å². The third-order valence-corrected chi connectivity index (χ3v) is 4.77. The monoisotopic (exact) mass is 291 g/mol. The van der Waals surface area contributed by atoms with Crippen molar-refractivity contribution < 1.29 is 5.11 Å². The number of rotatable bonds is 4. The lowest BCUT2D eigenvalue weighted by Crippen LogP contribution is -2.38. The van der Waals surface area contributed by atoms with Gasteiger partial charge in [-0.3, -0.25) is 9.69 Å². The first kappa shape index (κ1) is 14.6. The molecule has 5 heteroatoms. The maximum absolute atomic E-state index is 11.4. The highest BCUT2D eigenvalue weighted by molar-refractivity contribution is 5.18. The van der Waals surface area contributed by atoms with Crippen LogP contribution >= 0.6 is 0 Å². The molecular formula is C16H25N3O2. The van der Waals surface area contributed by atoms with E-state index in [9.17, 15) is 9.90 Å². The molecule has 3 rings (SSSR count). The van der Waals surface area contributed by atoms with Gasteiger partial charge in [-0.05, 0) is 57.8 Å². The molecule has 2 fully saturated rings. The molecule has 116 valence electrons. The zero-order valence-electron chi connectivity index (χ0n) is 12.6. The minimum atomic E-state index is -0.298. The number of pyridine rings is 1. The fourth-order valence-electron chi connectivity index (χ4n) is 3.50. The summed E-state index contributed by atoms with van der Waals surface area (Å²) in [5, 5.41) is 9.26. The molecule has 0 saturated carbocycles. The molecule has 0 unspecified atom stereocenters. The van der Waals surface area contributed by atoms with Crippen LogP contribution in [0.4, 0.5) is 0 Å². The van der Waals surface area contributed by atoms with Gasteiger partial charge in [0.25, 0.3) is 0 Å². The van der Waals surface area contributed by atoms with Crippen molar-refractivity contribution in [2.24, 2.45) is 5.92 Å². The quantitative estimate of drug-likeness (QED) is 0.880. The lowest BCUT2D eigenvalue weighted by atomic mass is 9.96. The molecule has 2 N–H and O–H groups in total. The van der Waals surface area contributed by atoms with Gasteiger partial charge in [-0.15, -0.1) is 0 Å². The predicted octanol–water partition coefficient (Wildman–Crippen LogP) is 1.39. The lowest BCUT2D eigenvalue weighted by molar-refractivity contribution is 0.147. The summed E-state index contributed by atoms with van der Waals surface area (Å²) in [7, 11) is 0. The van der Waals surface area contributed by atoms with Gasteiger partial charge in [-0.25, -0.2) is 0 Å². The van der Waals surface area contributed by atoms with Crippen LogP contribution in [0.1, 0.15) is 31.4 Å². The Balaban J connectivity index is 1.46. The Morgan fingerprint density at radius 2 is 1.86 bits per heavy atom. The van der Waals surface area contributed by atoms with Crippen molar-refractivity contribution in [1.29, 1.82) is 0 Å². The van der Waals surface area contributed by atoms with E-state index in [1.54, 1.807) is 0 Å². The Bertz CT molecular complexity index is 514. The van der Waals surface area contributed by atoms with E-state index < -0.39 is 0 Å². The van der Waals surface area contributed by atoms with Crippen LogP contribution in [0, 0.1) is 5.92 Å². The van der Waals surface area contributed by atoms with Crippen LogP contribution in [0.3, 0.4) is 0 Å². The Morgan fingerprint density at radius 1 is 1.14 bits per heavy atom. The Hall–Kier alpha value is -1.33. The van der Waals surface area contributed by atoms with Crippen LogP contribution in [0.15, 0.2) is 17.1 Å². The maximum Gasteiger partial charge on any atom is 0.223 e. The number of nitrogens with zero attached hydrogens (tertiary/aromatic N) is 2. The van der Waals surface area contributed by atoms with Gasteiger partial charge in [0.2, 0.25) is 5.43 Å². The second kappa shape index (κ2) is 6.62. The second-order valence-electron chi connectivity index (χ2n) is 6.43. The van der Waals surface area contributed by atoms with Crippen molar-refractivity contribution in [1.82, 2.24) is 14.8 Å². The first-order valence-electron chi connectivity index (χ1n) is 8.06. The maximum atomic E-state index is 11.4. The van der Waals surface area contributed by atoms with Crippen molar-refractivity contribution in [2.75, 3.05) is 32.7 Å². The molecule has 0 amide bonds. The van der Waals surface area contributed by atoms with Crippen LogP contribution in [0.5, 0.6) is 5.75 Å². The number of aromatic nitrogens is 1. The number of hydrogen-bond donors (Lipinski definition) is 2. The zero-order valence-corrected chi connectivity index (χ0v) is 12.6. The van der Waals surface area contributed by atoms with E-state index >= 15 is 0 Å². The number of H-pyrrole nitrogens is 1. The molecule has 0 aliphatic carbocycles. The molecule has 5 nitrogen and oxygen atoms in total. The van der Waals surface area contributed by atoms with Crippen LogP contribution in [-0.4, -0.2) is 52.6 Å². The molecule has 1 aromatic heterocycles. The fourth-order valence-corrected chi connectivity index (χ4v) is 3.50.